The maximum absolute atomic E-state index is 13.2. The summed E-state index contributed by atoms with van der Waals surface area (Å²) in [7, 11) is 0. The number of unbranched alkanes of at least 4 members (excludes halogenated alkanes) is 39. The number of hydrogen-bond donors (Lipinski definition) is 8. The molecule has 8 N–H and O–H groups in total. The van der Waals surface area contributed by atoms with Gasteiger partial charge in [0.1, 0.15) is 36.6 Å². The molecule has 1 saturated heterocycles. The lowest BCUT2D eigenvalue weighted by Crippen LogP contribution is -2.60. The van der Waals surface area contributed by atoms with E-state index >= 15 is 0 Å². The average Bonchev–Trinajstić information content (AvgIpc) is 3.43. The third kappa shape index (κ3) is 42.8. The standard InChI is InChI=1S/C66H125NO10/c1-3-5-7-9-11-13-15-17-19-21-23-25-26-27-28-29-30-31-32-33-34-36-37-39-41-43-45-47-49-51-53-58(69)61(71)57(56-76-66-64(74)63(73)62(72)60(55-68)77-66)67-65(75)59(70)54-52-50-48-46-44-42-40-38-35-24-22-20-18-16-14-12-10-8-6-4-2/h32-33,37,39,45,47,57-64,66,68-74H,3-31,34-36,38,40-44,46,48-56H2,1-2H3,(H,67,75)/b33-32+,39-37+,47-45+. The van der Waals surface area contributed by atoms with Gasteiger partial charge < -0.3 is 50.5 Å². The quantitative estimate of drug-likeness (QED) is 0.0215. The molecule has 1 heterocycles. The lowest BCUT2D eigenvalue weighted by atomic mass is 9.98. The van der Waals surface area contributed by atoms with Gasteiger partial charge >= 0.3 is 0 Å². The number of nitrogens with one attached hydrogen (secondary N) is 1. The third-order valence-corrected chi connectivity index (χ3v) is 15.9. The number of ether oxygens (including phenoxy) is 2. The predicted octanol–water partition coefficient (Wildman–Crippen LogP) is 15.0. The summed E-state index contributed by atoms with van der Waals surface area (Å²) >= 11 is 0. The molecule has 0 radical (unpaired) electrons. The van der Waals surface area contributed by atoms with Gasteiger partial charge in [-0.05, 0) is 64.2 Å². The number of rotatable bonds is 57. The van der Waals surface area contributed by atoms with Crippen LogP contribution in [0.1, 0.15) is 309 Å². The minimum atomic E-state index is -1.67. The van der Waals surface area contributed by atoms with E-state index in [1.807, 2.05) is 0 Å². The summed E-state index contributed by atoms with van der Waals surface area (Å²) in [5.41, 5.74) is 0. The van der Waals surface area contributed by atoms with Gasteiger partial charge in [0.15, 0.2) is 6.29 Å². The second-order valence-corrected chi connectivity index (χ2v) is 23.2. The molecule has 1 aliphatic rings. The Balaban J connectivity index is 2.27. The van der Waals surface area contributed by atoms with E-state index in [0.717, 1.165) is 44.9 Å². The number of allylic oxidation sites excluding steroid dienone is 6. The van der Waals surface area contributed by atoms with Crippen LogP contribution in [0.15, 0.2) is 36.5 Å². The Morgan fingerprint density at radius 3 is 1.16 bits per heavy atom. The molecule has 1 amide bonds. The number of aliphatic hydroxyl groups excluding tert-OH is 7. The van der Waals surface area contributed by atoms with Crippen molar-refractivity contribution in [3.8, 4) is 0 Å². The largest absolute Gasteiger partial charge is 0.394 e. The zero-order valence-corrected chi connectivity index (χ0v) is 50.0. The second kappa shape index (κ2) is 54.9. The van der Waals surface area contributed by atoms with Crippen molar-refractivity contribution < 1.29 is 50.0 Å². The van der Waals surface area contributed by atoms with Gasteiger partial charge in [-0.2, -0.15) is 0 Å². The van der Waals surface area contributed by atoms with Crippen LogP contribution in [0, 0.1) is 0 Å². The second-order valence-electron chi connectivity index (χ2n) is 23.2. The molecule has 1 aliphatic heterocycles. The van der Waals surface area contributed by atoms with E-state index < -0.39 is 74.2 Å². The van der Waals surface area contributed by atoms with Crippen LogP contribution >= 0.6 is 0 Å². The first kappa shape index (κ1) is 73.3. The number of amides is 1. The van der Waals surface area contributed by atoms with E-state index in [2.05, 4.69) is 55.6 Å². The molecule has 0 saturated carbocycles. The predicted molar refractivity (Wildman–Crippen MR) is 321 cm³/mol. The summed E-state index contributed by atoms with van der Waals surface area (Å²) in [5, 5.41) is 76.3. The molecule has 0 aromatic rings. The lowest BCUT2D eigenvalue weighted by Gasteiger charge is -2.40. The average molecular weight is 1090 g/mol. The fourth-order valence-corrected chi connectivity index (χ4v) is 10.6. The van der Waals surface area contributed by atoms with Crippen molar-refractivity contribution in [3.63, 3.8) is 0 Å². The zero-order chi connectivity index (χ0) is 56.1. The Morgan fingerprint density at radius 1 is 0.442 bits per heavy atom. The highest BCUT2D eigenvalue weighted by Crippen LogP contribution is 2.24. The van der Waals surface area contributed by atoms with Crippen molar-refractivity contribution >= 4 is 5.91 Å². The topological polar surface area (TPSA) is 189 Å². The number of aliphatic hydroxyl groups is 7. The van der Waals surface area contributed by atoms with E-state index in [1.165, 1.54) is 218 Å². The summed E-state index contributed by atoms with van der Waals surface area (Å²) in [6.07, 6.45) is 57.9. The van der Waals surface area contributed by atoms with Crippen LogP contribution in [0.3, 0.4) is 0 Å². The maximum atomic E-state index is 13.2. The van der Waals surface area contributed by atoms with E-state index in [9.17, 15) is 40.5 Å². The highest BCUT2D eigenvalue weighted by atomic mass is 16.7. The molecular formula is C66H125NO10. The minimum Gasteiger partial charge on any atom is -0.394 e. The fourth-order valence-electron chi connectivity index (χ4n) is 10.6. The highest BCUT2D eigenvalue weighted by molar-refractivity contribution is 5.80. The van der Waals surface area contributed by atoms with E-state index in [1.54, 1.807) is 0 Å². The molecule has 11 heteroatoms. The lowest BCUT2D eigenvalue weighted by molar-refractivity contribution is -0.303. The molecule has 0 bridgehead atoms. The van der Waals surface area contributed by atoms with Crippen molar-refractivity contribution in [1.29, 1.82) is 0 Å². The van der Waals surface area contributed by atoms with Gasteiger partial charge in [0, 0.05) is 0 Å². The summed E-state index contributed by atoms with van der Waals surface area (Å²) in [6, 6.07) is -1.19. The number of carbonyl (C=O) groups is 1. The first-order chi connectivity index (χ1) is 37.7. The molecule has 0 aromatic carbocycles. The van der Waals surface area contributed by atoms with Crippen molar-refractivity contribution in [3.05, 3.63) is 36.5 Å². The summed E-state index contributed by atoms with van der Waals surface area (Å²) in [4.78, 5) is 13.2. The monoisotopic (exact) mass is 1090 g/mol. The van der Waals surface area contributed by atoms with Gasteiger partial charge in [0.25, 0.3) is 0 Å². The van der Waals surface area contributed by atoms with Crippen molar-refractivity contribution in [2.75, 3.05) is 13.2 Å². The summed E-state index contributed by atoms with van der Waals surface area (Å²) in [5.74, 6) is -0.708. The third-order valence-electron chi connectivity index (χ3n) is 15.9. The minimum absolute atomic E-state index is 0.243. The zero-order valence-electron chi connectivity index (χ0n) is 50.0. The Bertz CT molecular complexity index is 1350. The van der Waals surface area contributed by atoms with Gasteiger partial charge in [-0.25, -0.2) is 0 Å². The van der Waals surface area contributed by atoms with E-state index in [-0.39, 0.29) is 12.8 Å². The van der Waals surface area contributed by atoms with Crippen LogP contribution in [-0.2, 0) is 14.3 Å². The normalized spacial score (nSPS) is 19.7. The number of carbonyl (C=O) groups excluding carboxylic acids is 1. The maximum Gasteiger partial charge on any atom is 0.249 e. The van der Waals surface area contributed by atoms with Crippen molar-refractivity contribution in [2.24, 2.45) is 0 Å². The van der Waals surface area contributed by atoms with Crippen LogP contribution < -0.4 is 5.32 Å². The van der Waals surface area contributed by atoms with Crippen LogP contribution in [0.2, 0.25) is 0 Å². The first-order valence-corrected chi connectivity index (χ1v) is 32.9. The molecule has 9 atom stereocenters. The molecular weight excluding hydrogens is 967 g/mol. The van der Waals surface area contributed by atoms with Crippen LogP contribution in [0.25, 0.3) is 0 Å². The molecule has 0 aliphatic carbocycles. The summed E-state index contributed by atoms with van der Waals surface area (Å²) < 4.78 is 11.2. The van der Waals surface area contributed by atoms with Gasteiger partial charge in [0.05, 0.1) is 25.4 Å². The van der Waals surface area contributed by atoms with E-state index in [4.69, 9.17) is 9.47 Å². The Hall–Kier alpha value is -1.67. The fraction of sp³-hybridized carbons (Fsp3) is 0.894. The van der Waals surface area contributed by atoms with Crippen molar-refractivity contribution in [1.82, 2.24) is 5.32 Å². The molecule has 0 aromatic heterocycles. The van der Waals surface area contributed by atoms with Crippen molar-refractivity contribution in [2.45, 2.75) is 364 Å². The molecule has 9 unspecified atom stereocenters. The molecule has 1 fully saturated rings. The van der Waals surface area contributed by atoms with Crippen LogP contribution in [0.4, 0.5) is 0 Å². The molecule has 77 heavy (non-hydrogen) atoms. The Kier molecular flexibility index (Phi) is 52.3. The van der Waals surface area contributed by atoms with Gasteiger partial charge in [-0.3, -0.25) is 4.79 Å². The Morgan fingerprint density at radius 2 is 0.779 bits per heavy atom. The molecule has 1 rings (SSSR count). The first-order valence-electron chi connectivity index (χ1n) is 32.9. The number of hydrogen-bond acceptors (Lipinski definition) is 10. The SMILES string of the molecule is CCCCCCCCCCCCCCCCCCC/C=C/CC/C=C/CC/C=C/CCCC(O)C(O)C(COC1OC(CO)C(O)C(O)C1O)NC(=O)C(O)CCCCCCCCCCCCCCCCCCCCCC. The van der Waals surface area contributed by atoms with Gasteiger partial charge in [0.2, 0.25) is 5.91 Å². The van der Waals surface area contributed by atoms with Gasteiger partial charge in [-0.1, -0.05) is 281 Å². The molecule has 454 valence electrons. The molecule has 11 nitrogen and oxygen atoms in total. The van der Waals surface area contributed by atoms with Crippen LogP contribution in [0.5, 0.6) is 0 Å². The highest BCUT2D eigenvalue weighted by Gasteiger charge is 2.44. The van der Waals surface area contributed by atoms with E-state index in [0.29, 0.717) is 19.3 Å². The summed E-state index contributed by atoms with van der Waals surface area (Å²) in [6.45, 7) is 3.48. The smallest absolute Gasteiger partial charge is 0.249 e. The van der Waals surface area contributed by atoms with Gasteiger partial charge in [-0.15, -0.1) is 0 Å². The Labute approximate surface area is 473 Å². The molecule has 0 spiro atoms. The van der Waals surface area contributed by atoms with Crippen LogP contribution in [-0.4, -0.2) is 110 Å².